The number of benzene rings is 2. The maximum Gasteiger partial charge on any atom is 0.260 e. The van der Waals surface area contributed by atoms with Crippen LogP contribution in [-0.4, -0.2) is 43.3 Å². The fourth-order valence-corrected chi connectivity index (χ4v) is 5.02. The number of hydrogen-bond donors (Lipinski definition) is 0. The molecule has 0 saturated carbocycles. The van der Waals surface area contributed by atoms with Crippen molar-refractivity contribution >= 4 is 35.2 Å². The highest BCUT2D eigenvalue weighted by molar-refractivity contribution is 8.00. The molecule has 1 aromatic heterocycles. The van der Waals surface area contributed by atoms with Crippen LogP contribution >= 0.6 is 23.4 Å². The lowest BCUT2D eigenvalue weighted by Gasteiger charge is -2.22. The molecular formula is C23H23ClN4O2S. The first kappa shape index (κ1) is 21.6. The van der Waals surface area contributed by atoms with E-state index in [-0.39, 0.29) is 11.8 Å². The molecule has 1 aliphatic rings. The lowest BCUT2D eigenvalue weighted by Crippen LogP contribution is -2.41. The second-order valence-corrected chi connectivity index (χ2v) is 9.16. The van der Waals surface area contributed by atoms with E-state index in [0.717, 1.165) is 29.9 Å². The van der Waals surface area contributed by atoms with Gasteiger partial charge in [0.1, 0.15) is 5.82 Å². The van der Waals surface area contributed by atoms with E-state index in [9.17, 15) is 9.59 Å². The highest BCUT2D eigenvalue weighted by Gasteiger charge is 2.33. The average Bonchev–Trinajstić information content (AvgIpc) is 3.02. The fourth-order valence-electron chi connectivity index (χ4n) is 3.70. The first-order chi connectivity index (χ1) is 15.0. The molecule has 1 saturated heterocycles. The van der Waals surface area contributed by atoms with Gasteiger partial charge in [-0.15, -0.1) is 10.2 Å². The van der Waals surface area contributed by atoms with Gasteiger partial charge in [0.2, 0.25) is 5.91 Å². The number of aromatic nitrogens is 3. The summed E-state index contributed by atoms with van der Waals surface area (Å²) in [5, 5.41) is 9.40. The van der Waals surface area contributed by atoms with Crippen molar-refractivity contribution in [3.8, 4) is 5.69 Å². The van der Waals surface area contributed by atoms with Gasteiger partial charge in [-0.3, -0.25) is 19.1 Å². The van der Waals surface area contributed by atoms with Crippen molar-refractivity contribution in [3.05, 3.63) is 70.5 Å². The normalized spacial score (nSPS) is 16.9. The summed E-state index contributed by atoms with van der Waals surface area (Å²) < 4.78 is 1.98. The summed E-state index contributed by atoms with van der Waals surface area (Å²) >= 11 is 7.32. The summed E-state index contributed by atoms with van der Waals surface area (Å²) in [6.07, 6.45) is 2.34. The van der Waals surface area contributed by atoms with Crippen molar-refractivity contribution < 1.29 is 9.59 Å². The Morgan fingerprint density at radius 1 is 1.06 bits per heavy atom. The number of nitrogens with zero attached hydrogens (tertiary/aromatic N) is 4. The van der Waals surface area contributed by atoms with Crippen LogP contribution in [0, 0.1) is 13.8 Å². The molecule has 0 spiro atoms. The molecule has 4 rings (SSSR count). The van der Waals surface area contributed by atoms with E-state index in [4.69, 9.17) is 11.6 Å². The largest absolute Gasteiger partial charge is 0.278 e. The molecule has 1 aliphatic heterocycles. The quantitative estimate of drug-likeness (QED) is 0.527. The molecule has 2 aromatic carbocycles. The molecule has 160 valence electrons. The Labute approximate surface area is 190 Å². The van der Waals surface area contributed by atoms with Crippen LogP contribution in [-0.2, 0) is 4.79 Å². The summed E-state index contributed by atoms with van der Waals surface area (Å²) in [6.45, 7) is 4.35. The Kier molecular flexibility index (Phi) is 6.43. The highest BCUT2D eigenvalue weighted by Crippen LogP contribution is 2.32. The minimum Gasteiger partial charge on any atom is -0.278 e. The standard InChI is InChI=1S/C23H23ClN4O2S/c1-15-7-3-4-8-19(15)28-16(2)25-26-23(28)31-20-9-5-6-14-27(22(20)30)21(29)17-10-12-18(24)13-11-17/h3-4,7-8,10-13,20H,5-6,9,14H2,1-2H3. The van der Waals surface area contributed by atoms with Gasteiger partial charge in [0.25, 0.3) is 5.91 Å². The van der Waals surface area contributed by atoms with Crippen molar-refractivity contribution in [3.63, 3.8) is 0 Å². The van der Waals surface area contributed by atoms with Gasteiger partial charge in [0.15, 0.2) is 5.16 Å². The molecule has 2 heterocycles. The van der Waals surface area contributed by atoms with E-state index in [0.29, 0.717) is 28.7 Å². The van der Waals surface area contributed by atoms with Gasteiger partial charge in [0, 0.05) is 17.1 Å². The van der Waals surface area contributed by atoms with Gasteiger partial charge in [-0.1, -0.05) is 48.0 Å². The van der Waals surface area contributed by atoms with Crippen molar-refractivity contribution in [2.45, 2.75) is 43.5 Å². The minimum atomic E-state index is -0.398. The Morgan fingerprint density at radius 3 is 2.55 bits per heavy atom. The van der Waals surface area contributed by atoms with E-state index in [1.807, 2.05) is 42.7 Å². The van der Waals surface area contributed by atoms with Gasteiger partial charge in [0.05, 0.1) is 10.9 Å². The van der Waals surface area contributed by atoms with Crippen LogP contribution in [0.1, 0.15) is 41.0 Å². The van der Waals surface area contributed by atoms with Crippen LogP contribution < -0.4 is 0 Å². The molecule has 8 heteroatoms. The van der Waals surface area contributed by atoms with Crippen LogP contribution in [0.3, 0.4) is 0 Å². The zero-order chi connectivity index (χ0) is 22.0. The molecule has 0 radical (unpaired) electrons. The number of carbonyl (C=O) groups is 2. The van der Waals surface area contributed by atoms with Gasteiger partial charge in [-0.2, -0.15) is 0 Å². The Bertz CT molecular complexity index is 1110. The second-order valence-electron chi connectivity index (χ2n) is 7.56. The molecule has 31 heavy (non-hydrogen) atoms. The molecule has 0 N–H and O–H groups in total. The molecular weight excluding hydrogens is 432 g/mol. The van der Waals surface area contributed by atoms with Gasteiger partial charge in [-0.25, -0.2) is 0 Å². The summed E-state index contributed by atoms with van der Waals surface area (Å²) in [6, 6.07) is 14.6. The van der Waals surface area contributed by atoms with Gasteiger partial charge < -0.3 is 0 Å². The highest BCUT2D eigenvalue weighted by atomic mass is 35.5. The van der Waals surface area contributed by atoms with Crippen LogP contribution in [0.2, 0.25) is 5.02 Å². The van der Waals surface area contributed by atoms with Gasteiger partial charge in [-0.05, 0) is 62.6 Å². The summed E-state index contributed by atoms with van der Waals surface area (Å²) in [7, 11) is 0. The number of rotatable bonds is 4. The Hall–Kier alpha value is -2.64. The van der Waals surface area contributed by atoms with Gasteiger partial charge >= 0.3 is 0 Å². The molecule has 2 amide bonds. The lowest BCUT2D eigenvalue weighted by molar-refractivity contribution is -0.127. The van der Waals surface area contributed by atoms with Crippen molar-refractivity contribution in [1.82, 2.24) is 19.7 Å². The minimum absolute atomic E-state index is 0.181. The third-order valence-electron chi connectivity index (χ3n) is 5.38. The third-order valence-corrected chi connectivity index (χ3v) is 6.82. The predicted octanol–water partition coefficient (Wildman–Crippen LogP) is 4.85. The number of amides is 2. The van der Waals surface area contributed by atoms with Crippen LogP contribution in [0.15, 0.2) is 53.7 Å². The monoisotopic (exact) mass is 454 g/mol. The first-order valence-electron chi connectivity index (χ1n) is 10.2. The molecule has 1 fully saturated rings. The molecule has 3 aromatic rings. The first-order valence-corrected chi connectivity index (χ1v) is 11.5. The number of halogens is 1. The summed E-state index contributed by atoms with van der Waals surface area (Å²) in [4.78, 5) is 27.8. The average molecular weight is 455 g/mol. The number of aryl methyl sites for hydroxylation is 2. The summed E-state index contributed by atoms with van der Waals surface area (Å²) in [5.74, 6) is 0.289. The number of thioether (sulfide) groups is 1. The molecule has 0 bridgehead atoms. The molecule has 6 nitrogen and oxygen atoms in total. The van der Waals surface area contributed by atoms with Crippen LogP contribution in [0.25, 0.3) is 5.69 Å². The SMILES string of the molecule is Cc1ccccc1-n1c(C)nnc1SC1CCCCN(C(=O)c2ccc(Cl)cc2)C1=O. The lowest BCUT2D eigenvalue weighted by atomic mass is 10.2. The van der Waals surface area contributed by atoms with E-state index in [1.165, 1.54) is 16.7 Å². The number of likely N-dealkylation sites (tertiary alicyclic amines) is 1. The van der Waals surface area contributed by atoms with Crippen molar-refractivity contribution in [1.29, 1.82) is 0 Å². The maximum absolute atomic E-state index is 13.4. The third kappa shape index (κ3) is 4.52. The van der Waals surface area contributed by atoms with E-state index in [1.54, 1.807) is 24.3 Å². The number of para-hydroxylation sites is 1. The topological polar surface area (TPSA) is 68.1 Å². The zero-order valence-corrected chi connectivity index (χ0v) is 19.0. The molecule has 0 aliphatic carbocycles. The van der Waals surface area contributed by atoms with Crippen molar-refractivity contribution in [2.75, 3.05) is 6.54 Å². The predicted molar refractivity (Wildman–Crippen MR) is 122 cm³/mol. The van der Waals surface area contributed by atoms with Crippen LogP contribution in [0.5, 0.6) is 0 Å². The Morgan fingerprint density at radius 2 is 1.81 bits per heavy atom. The number of hydrogen-bond acceptors (Lipinski definition) is 5. The van der Waals surface area contributed by atoms with Crippen molar-refractivity contribution in [2.24, 2.45) is 0 Å². The summed E-state index contributed by atoms with van der Waals surface area (Å²) in [5.41, 5.74) is 2.55. The van der Waals surface area contributed by atoms with E-state index < -0.39 is 5.25 Å². The maximum atomic E-state index is 13.4. The smallest absolute Gasteiger partial charge is 0.260 e. The fraction of sp³-hybridized carbons (Fsp3) is 0.304. The number of imide groups is 1. The second kappa shape index (κ2) is 9.24. The molecule has 1 unspecified atom stereocenters. The zero-order valence-electron chi connectivity index (χ0n) is 17.4. The molecule has 1 atom stereocenters. The van der Waals surface area contributed by atoms with Crippen LogP contribution in [0.4, 0.5) is 0 Å². The number of carbonyl (C=O) groups excluding carboxylic acids is 2. The van der Waals surface area contributed by atoms with E-state index in [2.05, 4.69) is 10.2 Å². The Balaban J connectivity index is 1.61. The van der Waals surface area contributed by atoms with E-state index >= 15 is 0 Å².